The number of aromatic nitrogens is 7. The third-order valence-electron chi connectivity index (χ3n) is 4.91. The Labute approximate surface area is 166 Å². The summed E-state index contributed by atoms with van der Waals surface area (Å²) in [7, 11) is 7.48. The topological polar surface area (TPSA) is 89.7 Å². The number of nitrogens with zero attached hydrogens (tertiary/aromatic N) is 7. The Bertz CT molecular complexity index is 1130. The number of nitrogens with one attached hydrogen (secondary N) is 1. The molecule has 0 aliphatic carbocycles. The van der Waals surface area contributed by atoms with Crippen molar-refractivity contribution in [2.45, 2.75) is 13.0 Å². The molecule has 146 valence electrons. The van der Waals surface area contributed by atoms with Crippen LogP contribution in [0.3, 0.4) is 0 Å². The molecule has 9 nitrogen and oxygen atoms in total. The summed E-state index contributed by atoms with van der Waals surface area (Å²) < 4.78 is 9.20. The van der Waals surface area contributed by atoms with Gasteiger partial charge in [0.05, 0.1) is 25.0 Å². The van der Waals surface area contributed by atoms with Gasteiger partial charge in [-0.2, -0.15) is 5.10 Å². The van der Waals surface area contributed by atoms with E-state index < -0.39 is 0 Å². The number of halogens is 1. The van der Waals surface area contributed by atoms with Gasteiger partial charge in [0.2, 0.25) is 5.88 Å². The van der Waals surface area contributed by atoms with E-state index in [4.69, 9.17) is 21.3 Å². The van der Waals surface area contributed by atoms with Gasteiger partial charge in [0, 0.05) is 19.4 Å². The van der Waals surface area contributed by atoms with Crippen LogP contribution in [0, 0.1) is 0 Å². The average molecular weight is 401 g/mol. The number of H-pyrrole nitrogens is 1. The van der Waals surface area contributed by atoms with Crippen LogP contribution in [0.2, 0.25) is 5.02 Å². The van der Waals surface area contributed by atoms with E-state index in [1.165, 1.54) is 0 Å². The zero-order valence-corrected chi connectivity index (χ0v) is 17.1. The number of aryl methyl sites for hydroxylation is 1. The van der Waals surface area contributed by atoms with E-state index in [1.807, 2.05) is 42.5 Å². The van der Waals surface area contributed by atoms with Gasteiger partial charge in [0.25, 0.3) is 0 Å². The van der Waals surface area contributed by atoms with E-state index in [9.17, 15) is 0 Å². The van der Waals surface area contributed by atoms with E-state index in [0.717, 1.165) is 28.2 Å². The summed E-state index contributed by atoms with van der Waals surface area (Å²) in [6.45, 7) is 2.06. The minimum Gasteiger partial charge on any atom is -0.480 e. The predicted octanol–water partition coefficient (Wildman–Crippen LogP) is 2.83. The van der Waals surface area contributed by atoms with Crippen molar-refractivity contribution >= 4 is 22.6 Å². The largest absolute Gasteiger partial charge is 0.480 e. The van der Waals surface area contributed by atoms with E-state index in [-0.39, 0.29) is 6.04 Å². The first-order valence-electron chi connectivity index (χ1n) is 8.72. The molecule has 0 unspecified atom stereocenters. The molecular weight excluding hydrogens is 380 g/mol. The van der Waals surface area contributed by atoms with Gasteiger partial charge in [-0.3, -0.25) is 10.00 Å². The molecule has 0 saturated carbocycles. The summed E-state index contributed by atoms with van der Waals surface area (Å²) in [6, 6.07) is 1.93. The Balaban J connectivity index is 2.00. The Morgan fingerprint density at radius 2 is 2.07 bits per heavy atom. The standard InChI is InChI=1S/C18H21ClN8O/c1-10(25(2)3)16-22-17(24-23-16)15-14(27-7-6-20-9-27)13-12(26(15)4)8-11(19)18(21-13)28-5/h6-10H,1-5H3,(H,22,23,24)/t10-/m0/s1. The molecule has 0 saturated heterocycles. The molecule has 0 aliphatic heterocycles. The van der Waals surface area contributed by atoms with Gasteiger partial charge in [0.1, 0.15) is 27.7 Å². The summed E-state index contributed by atoms with van der Waals surface area (Å²) in [5.41, 5.74) is 3.19. The number of imidazole rings is 1. The Hall–Kier alpha value is -2.91. The fourth-order valence-electron chi connectivity index (χ4n) is 3.13. The number of aromatic amines is 1. The third-order valence-corrected chi connectivity index (χ3v) is 5.18. The van der Waals surface area contributed by atoms with Crippen molar-refractivity contribution in [3.8, 4) is 23.1 Å². The second-order valence-electron chi connectivity index (χ2n) is 6.76. The highest BCUT2D eigenvalue weighted by atomic mass is 35.5. The summed E-state index contributed by atoms with van der Waals surface area (Å²) in [4.78, 5) is 15.6. The summed E-state index contributed by atoms with van der Waals surface area (Å²) in [5.74, 6) is 1.72. The highest BCUT2D eigenvalue weighted by Gasteiger charge is 2.25. The molecule has 4 heterocycles. The van der Waals surface area contributed by atoms with Crippen molar-refractivity contribution < 1.29 is 4.74 Å². The molecule has 0 radical (unpaired) electrons. The molecule has 1 atom stereocenters. The number of methoxy groups -OCH3 is 1. The Morgan fingerprint density at radius 1 is 1.29 bits per heavy atom. The number of fused-ring (bicyclic) bond motifs is 1. The molecule has 4 rings (SSSR count). The molecule has 0 bridgehead atoms. The summed E-state index contributed by atoms with van der Waals surface area (Å²) in [5, 5.41) is 7.96. The monoisotopic (exact) mass is 400 g/mol. The van der Waals surface area contributed by atoms with Crippen LogP contribution in [0.4, 0.5) is 0 Å². The lowest BCUT2D eigenvalue weighted by atomic mass is 10.3. The summed E-state index contributed by atoms with van der Waals surface area (Å²) in [6.07, 6.45) is 5.29. The lowest BCUT2D eigenvalue weighted by molar-refractivity contribution is 0.309. The van der Waals surface area contributed by atoms with Crippen LogP contribution in [0.15, 0.2) is 24.8 Å². The molecule has 28 heavy (non-hydrogen) atoms. The van der Waals surface area contributed by atoms with Crippen molar-refractivity contribution in [1.82, 2.24) is 39.2 Å². The fourth-order valence-corrected chi connectivity index (χ4v) is 3.35. The van der Waals surface area contributed by atoms with Crippen LogP contribution in [0.1, 0.15) is 18.8 Å². The van der Waals surface area contributed by atoms with E-state index in [2.05, 4.69) is 32.0 Å². The molecule has 4 aromatic heterocycles. The van der Waals surface area contributed by atoms with Crippen LogP contribution < -0.4 is 4.74 Å². The first kappa shape index (κ1) is 18.5. The van der Waals surface area contributed by atoms with Gasteiger partial charge in [0.15, 0.2) is 5.82 Å². The number of hydrogen-bond acceptors (Lipinski definition) is 6. The van der Waals surface area contributed by atoms with Gasteiger partial charge in [-0.15, -0.1) is 0 Å². The molecule has 1 N–H and O–H groups in total. The third kappa shape index (κ3) is 2.83. The average Bonchev–Trinajstić information content (AvgIpc) is 3.40. The predicted molar refractivity (Wildman–Crippen MR) is 107 cm³/mol. The van der Waals surface area contributed by atoms with Crippen molar-refractivity contribution in [2.75, 3.05) is 21.2 Å². The van der Waals surface area contributed by atoms with Crippen molar-refractivity contribution in [1.29, 1.82) is 0 Å². The first-order chi connectivity index (χ1) is 13.4. The zero-order chi connectivity index (χ0) is 20.0. The Kier molecular flexibility index (Phi) is 4.56. The highest BCUT2D eigenvalue weighted by Crippen LogP contribution is 2.37. The van der Waals surface area contributed by atoms with Crippen molar-refractivity contribution in [2.24, 2.45) is 7.05 Å². The van der Waals surface area contributed by atoms with Crippen molar-refractivity contribution in [3.63, 3.8) is 0 Å². The van der Waals surface area contributed by atoms with Crippen LogP contribution >= 0.6 is 11.6 Å². The number of hydrogen-bond donors (Lipinski definition) is 1. The minimum absolute atomic E-state index is 0.0975. The fraction of sp³-hybridized carbons (Fsp3) is 0.333. The molecule has 0 fully saturated rings. The second kappa shape index (κ2) is 6.92. The molecule has 0 aliphatic rings. The maximum atomic E-state index is 6.33. The molecule has 10 heteroatoms. The van der Waals surface area contributed by atoms with Gasteiger partial charge in [-0.05, 0) is 27.1 Å². The smallest absolute Gasteiger partial charge is 0.233 e. The lowest BCUT2D eigenvalue weighted by Crippen LogP contribution is -2.17. The minimum atomic E-state index is 0.0975. The molecule has 0 amide bonds. The molecule has 0 aromatic carbocycles. The maximum Gasteiger partial charge on any atom is 0.233 e. The second-order valence-corrected chi connectivity index (χ2v) is 7.16. The maximum absolute atomic E-state index is 6.33. The van der Waals surface area contributed by atoms with Gasteiger partial charge in [-0.1, -0.05) is 11.6 Å². The van der Waals surface area contributed by atoms with E-state index in [0.29, 0.717) is 16.7 Å². The van der Waals surface area contributed by atoms with E-state index in [1.54, 1.807) is 19.6 Å². The molecule has 4 aromatic rings. The van der Waals surface area contributed by atoms with Gasteiger partial charge >= 0.3 is 0 Å². The van der Waals surface area contributed by atoms with Crippen LogP contribution in [-0.4, -0.2) is 60.4 Å². The zero-order valence-electron chi connectivity index (χ0n) is 16.3. The number of pyridine rings is 1. The number of ether oxygens (including phenoxy) is 1. The van der Waals surface area contributed by atoms with Gasteiger partial charge < -0.3 is 13.9 Å². The van der Waals surface area contributed by atoms with E-state index >= 15 is 0 Å². The summed E-state index contributed by atoms with van der Waals surface area (Å²) >= 11 is 6.33. The highest BCUT2D eigenvalue weighted by molar-refractivity contribution is 6.32. The first-order valence-corrected chi connectivity index (χ1v) is 9.10. The Morgan fingerprint density at radius 3 is 2.71 bits per heavy atom. The van der Waals surface area contributed by atoms with Crippen LogP contribution in [0.5, 0.6) is 5.88 Å². The van der Waals surface area contributed by atoms with Crippen LogP contribution in [-0.2, 0) is 7.05 Å². The quantitative estimate of drug-likeness (QED) is 0.554. The van der Waals surface area contributed by atoms with Gasteiger partial charge in [-0.25, -0.2) is 15.0 Å². The van der Waals surface area contributed by atoms with Crippen molar-refractivity contribution in [3.05, 3.63) is 35.6 Å². The lowest BCUT2D eigenvalue weighted by Gasteiger charge is -2.16. The SMILES string of the molecule is COc1nc2c(-n3ccnc3)c(-c3n[nH]c([C@H](C)N(C)C)n3)n(C)c2cc1Cl. The van der Waals surface area contributed by atoms with Crippen LogP contribution in [0.25, 0.3) is 28.2 Å². The normalized spacial score (nSPS) is 12.8. The number of rotatable bonds is 5. The molecule has 0 spiro atoms. The molecular formula is C18H21ClN8O.